The van der Waals surface area contributed by atoms with Crippen LogP contribution in [0.5, 0.6) is 0 Å². The molecule has 0 spiro atoms. The highest BCUT2D eigenvalue weighted by atomic mass is 127. The molecule has 0 bridgehead atoms. The number of hydrazone groups is 1. The molecule has 2 rings (SSSR count). The van der Waals surface area contributed by atoms with Gasteiger partial charge in [-0.25, -0.2) is 5.43 Å². The summed E-state index contributed by atoms with van der Waals surface area (Å²) in [4.78, 5) is 22.0. The van der Waals surface area contributed by atoms with Gasteiger partial charge >= 0.3 is 0 Å². The van der Waals surface area contributed by atoms with Crippen LogP contribution in [0, 0.1) is 13.7 Å². The van der Waals surface area contributed by atoms with Crippen LogP contribution in [-0.4, -0.2) is 26.8 Å². The number of carbonyl (C=O) groups is 1. The van der Waals surface area contributed by atoms with E-state index in [0.717, 1.165) is 0 Å². The second kappa shape index (κ2) is 6.43. The summed E-state index contributed by atoms with van der Waals surface area (Å²) < 4.78 is 2.24. The lowest BCUT2D eigenvalue weighted by Crippen LogP contribution is -2.19. The smallest absolute Gasteiger partial charge is 0.274 e. The Morgan fingerprint density at radius 3 is 2.95 bits per heavy atom. The number of hydrogen-bond acceptors (Lipinski definition) is 5. The van der Waals surface area contributed by atoms with Gasteiger partial charge in [0.25, 0.3) is 11.6 Å². The fourth-order valence-electron chi connectivity index (χ4n) is 1.55. The van der Waals surface area contributed by atoms with E-state index in [1.807, 2.05) is 22.6 Å². The van der Waals surface area contributed by atoms with E-state index in [0.29, 0.717) is 9.13 Å². The SMILES string of the molecule is Cn1cc(I)c(C(=O)N/N=C\c2cccc([N+](=O)[O-])c2)n1. The molecular formula is C12H10IN5O3. The molecule has 0 saturated carbocycles. The van der Waals surface area contributed by atoms with Crippen LogP contribution in [0.15, 0.2) is 35.6 Å². The number of aromatic nitrogens is 2. The van der Waals surface area contributed by atoms with Crippen molar-refractivity contribution in [3.8, 4) is 0 Å². The van der Waals surface area contributed by atoms with E-state index < -0.39 is 10.8 Å². The highest BCUT2D eigenvalue weighted by Gasteiger charge is 2.13. The zero-order valence-corrected chi connectivity index (χ0v) is 13.0. The van der Waals surface area contributed by atoms with Crippen molar-refractivity contribution in [1.29, 1.82) is 0 Å². The lowest BCUT2D eigenvalue weighted by Gasteiger charge is -1.97. The third-order valence-corrected chi connectivity index (χ3v) is 3.25. The molecule has 0 aliphatic rings. The molecule has 1 amide bonds. The van der Waals surface area contributed by atoms with Gasteiger partial charge in [0.1, 0.15) is 0 Å². The van der Waals surface area contributed by atoms with Gasteiger partial charge in [0.2, 0.25) is 0 Å². The van der Waals surface area contributed by atoms with Gasteiger partial charge in [-0.15, -0.1) is 0 Å². The van der Waals surface area contributed by atoms with E-state index in [4.69, 9.17) is 0 Å². The van der Waals surface area contributed by atoms with Crippen molar-refractivity contribution in [2.45, 2.75) is 0 Å². The average molecular weight is 399 g/mol. The molecule has 1 heterocycles. The molecule has 0 saturated heterocycles. The molecule has 2 aromatic rings. The second-order valence-corrected chi connectivity index (χ2v) is 5.21. The van der Waals surface area contributed by atoms with Crippen molar-refractivity contribution < 1.29 is 9.72 Å². The third-order valence-electron chi connectivity index (χ3n) is 2.46. The summed E-state index contributed by atoms with van der Waals surface area (Å²) in [7, 11) is 1.71. The number of nitro benzene ring substituents is 1. The Morgan fingerprint density at radius 2 is 2.33 bits per heavy atom. The summed E-state index contributed by atoms with van der Waals surface area (Å²) in [6, 6.07) is 5.93. The van der Waals surface area contributed by atoms with Crippen molar-refractivity contribution in [3.63, 3.8) is 0 Å². The lowest BCUT2D eigenvalue weighted by molar-refractivity contribution is -0.384. The highest BCUT2D eigenvalue weighted by molar-refractivity contribution is 14.1. The van der Waals surface area contributed by atoms with Crippen molar-refractivity contribution in [2.24, 2.45) is 12.1 Å². The number of halogens is 1. The number of non-ortho nitro benzene ring substituents is 1. The first-order chi connectivity index (χ1) is 9.97. The quantitative estimate of drug-likeness (QED) is 0.366. The van der Waals surface area contributed by atoms with Crippen LogP contribution < -0.4 is 5.43 Å². The monoisotopic (exact) mass is 399 g/mol. The minimum absolute atomic E-state index is 0.0375. The maximum absolute atomic E-state index is 11.8. The number of hydrogen-bond donors (Lipinski definition) is 1. The Hall–Kier alpha value is -2.30. The first-order valence-electron chi connectivity index (χ1n) is 5.74. The maximum atomic E-state index is 11.8. The average Bonchev–Trinajstić information content (AvgIpc) is 2.78. The van der Waals surface area contributed by atoms with Crippen LogP contribution in [0.2, 0.25) is 0 Å². The van der Waals surface area contributed by atoms with Gasteiger partial charge in [0.15, 0.2) is 5.69 Å². The molecule has 9 heteroatoms. The molecule has 0 aliphatic heterocycles. The highest BCUT2D eigenvalue weighted by Crippen LogP contribution is 2.11. The van der Waals surface area contributed by atoms with Crippen LogP contribution in [0.25, 0.3) is 0 Å². The number of benzene rings is 1. The molecule has 1 aromatic heterocycles. The fraction of sp³-hybridized carbons (Fsp3) is 0.0833. The van der Waals surface area contributed by atoms with Crippen molar-refractivity contribution >= 4 is 40.4 Å². The summed E-state index contributed by atoms with van der Waals surface area (Å²) in [6.45, 7) is 0. The number of carbonyl (C=O) groups excluding carboxylic acids is 1. The molecular weight excluding hydrogens is 389 g/mol. The Kier molecular flexibility index (Phi) is 4.62. The van der Waals surface area contributed by atoms with Crippen molar-refractivity contribution in [1.82, 2.24) is 15.2 Å². The van der Waals surface area contributed by atoms with Gasteiger partial charge in [-0.2, -0.15) is 10.2 Å². The topological polar surface area (TPSA) is 102 Å². The van der Waals surface area contributed by atoms with Gasteiger partial charge in [-0.1, -0.05) is 12.1 Å². The van der Waals surface area contributed by atoms with Crippen molar-refractivity contribution in [2.75, 3.05) is 0 Å². The Morgan fingerprint density at radius 1 is 1.57 bits per heavy atom. The zero-order valence-electron chi connectivity index (χ0n) is 10.9. The standard InChI is InChI=1S/C12H10IN5O3/c1-17-7-10(13)11(16-17)12(19)15-14-6-8-3-2-4-9(5-8)18(20)21/h2-7H,1H3,(H,15,19)/b14-6-. The summed E-state index contributed by atoms with van der Waals surface area (Å²) in [5.41, 5.74) is 3.08. The largest absolute Gasteiger partial charge is 0.292 e. The molecule has 8 nitrogen and oxygen atoms in total. The predicted octanol–water partition coefficient (Wildman–Crippen LogP) is 1.70. The molecule has 1 N–H and O–H groups in total. The molecule has 0 atom stereocenters. The maximum Gasteiger partial charge on any atom is 0.292 e. The zero-order chi connectivity index (χ0) is 15.4. The Balaban J connectivity index is 2.05. The fourth-order valence-corrected chi connectivity index (χ4v) is 2.31. The normalized spacial score (nSPS) is 10.8. The number of amides is 1. The molecule has 21 heavy (non-hydrogen) atoms. The molecule has 0 fully saturated rings. The van der Waals surface area contributed by atoms with Gasteiger partial charge in [0.05, 0.1) is 14.7 Å². The van der Waals surface area contributed by atoms with E-state index in [1.165, 1.54) is 23.0 Å². The third kappa shape index (κ3) is 3.84. The van der Waals surface area contributed by atoms with Crippen molar-refractivity contribution in [3.05, 3.63) is 55.4 Å². The van der Waals surface area contributed by atoms with E-state index in [-0.39, 0.29) is 11.4 Å². The summed E-state index contributed by atoms with van der Waals surface area (Å²) in [6.07, 6.45) is 3.04. The molecule has 0 radical (unpaired) electrons. The molecule has 108 valence electrons. The van der Waals surface area contributed by atoms with Crippen LogP contribution in [0.4, 0.5) is 5.69 Å². The van der Waals surface area contributed by atoms with Gasteiger partial charge in [-0.05, 0) is 22.6 Å². The van der Waals surface area contributed by atoms with E-state index in [2.05, 4.69) is 15.6 Å². The Bertz CT molecular complexity index is 725. The van der Waals surface area contributed by atoms with E-state index >= 15 is 0 Å². The number of aryl methyl sites for hydroxylation is 1. The van der Waals surface area contributed by atoms with E-state index in [9.17, 15) is 14.9 Å². The lowest BCUT2D eigenvalue weighted by atomic mass is 10.2. The van der Waals surface area contributed by atoms with Crippen LogP contribution in [0.1, 0.15) is 16.1 Å². The molecule has 1 aromatic carbocycles. The minimum Gasteiger partial charge on any atom is -0.274 e. The van der Waals surface area contributed by atoms with Crippen LogP contribution in [0.3, 0.4) is 0 Å². The summed E-state index contributed by atoms with van der Waals surface area (Å²) >= 11 is 2.00. The first kappa shape index (κ1) is 15.1. The van der Waals surface area contributed by atoms with Gasteiger partial charge in [-0.3, -0.25) is 19.6 Å². The Labute approximate surface area is 133 Å². The first-order valence-corrected chi connectivity index (χ1v) is 6.82. The molecule has 0 aliphatic carbocycles. The number of rotatable bonds is 4. The van der Waals surface area contributed by atoms with E-state index in [1.54, 1.807) is 25.4 Å². The second-order valence-electron chi connectivity index (χ2n) is 4.05. The summed E-state index contributed by atoms with van der Waals surface area (Å²) in [5.74, 6) is -0.443. The molecule has 0 unspecified atom stereocenters. The number of nitrogens with zero attached hydrogens (tertiary/aromatic N) is 4. The number of nitrogens with one attached hydrogen (secondary N) is 1. The van der Waals surface area contributed by atoms with Crippen LogP contribution >= 0.6 is 22.6 Å². The predicted molar refractivity (Wildman–Crippen MR) is 84.1 cm³/mol. The van der Waals surface area contributed by atoms with Gasteiger partial charge < -0.3 is 0 Å². The van der Waals surface area contributed by atoms with Gasteiger partial charge in [0, 0.05) is 30.9 Å². The number of nitro groups is 1. The summed E-state index contributed by atoms with van der Waals surface area (Å²) in [5, 5.41) is 18.4. The minimum atomic E-state index is -0.494. The van der Waals surface area contributed by atoms with Crippen LogP contribution in [-0.2, 0) is 7.05 Å².